The largest absolute Gasteiger partial charge is 0.495 e. The standard InChI is InChI=1S/C34H43B2N3O8/c1-31(2)32(3,4)45-36(44-31)29-22(12-13-26-24(29)14-17-38(26)19-16-37-30(41)42)20-34(7)33(5,6)46-35(47-34)25-10-9-11-27-23(25)15-18-39(27)28(40)21-43-8/h9-15,17-18,37H,16,19-21H2,1-8H3,(H,41,42). The normalized spacial score (nSPS) is 21.6. The van der Waals surface area contributed by atoms with Crippen LogP contribution >= 0.6 is 0 Å². The van der Waals surface area contributed by atoms with Gasteiger partial charge in [-0.15, -0.1) is 0 Å². The van der Waals surface area contributed by atoms with Crippen LogP contribution in [0, 0.1) is 0 Å². The summed E-state index contributed by atoms with van der Waals surface area (Å²) in [5.74, 6) is -0.157. The molecule has 47 heavy (non-hydrogen) atoms. The fraction of sp³-hybridized carbons (Fsp3) is 0.471. The van der Waals surface area contributed by atoms with Crippen molar-refractivity contribution in [1.82, 2.24) is 14.5 Å². The SMILES string of the molecule is COCC(=O)n1ccc2c(B3OC(C)(C)C(C)(Cc4ccc5c(ccn5CCNC(=O)O)c4B4OC(C)(C)C(C)(C)O4)O3)cccc21. The highest BCUT2D eigenvalue weighted by Crippen LogP contribution is 2.42. The molecular weight excluding hydrogens is 600 g/mol. The molecule has 2 aromatic carbocycles. The van der Waals surface area contributed by atoms with Gasteiger partial charge in [0.05, 0.1) is 27.9 Å². The molecule has 13 heteroatoms. The maximum absolute atomic E-state index is 12.7. The Labute approximate surface area is 275 Å². The number of rotatable bonds is 9. The summed E-state index contributed by atoms with van der Waals surface area (Å²) in [7, 11) is 0.206. The van der Waals surface area contributed by atoms with E-state index in [0.717, 1.165) is 38.3 Å². The Bertz CT molecular complexity index is 1830. The lowest BCUT2D eigenvalue weighted by Crippen LogP contribution is -2.48. The molecule has 11 nitrogen and oxygen atoms in total. The van der Waals surface area contributed by atoms with Crippen molar-refractivity contribution < 1.29 is 38.0 Å². The molecule has 248 valence electrons. The van der Waals surface area contributed by atoms with Crippen LogP contribution in [-0.2, 0) is 36.3 Å². The zero-order chi connectivity index (χ0) is 33.9. The third-order valence-electron chi connectivity index (χ3n) is 10.3. The molecule has 0 aliphatic carbocycles. The van der Waals surface area contributed by atoms with E-state index >= 15 is 0 Å². The second-order valence-electron chi connectivity index (χ2n) is 14.2. The first kappa shape index (κ1) is 33.3. The van der Waals surface area contributed by atoms with Gasteiger partial charge in [0.2, 0.25) is 0 Å². The van der Waals surface area contributed by atoms with Crippen molar-refractivity contribution >= 4 is 59.0 Å². The summed E-state index contributed by atoms with van der Waals surface area (Å²) in [6.45, 7) is 15.0. The van der Waals surface area contributed by atoms with E-state index in [0.29, 0.717) is 13.0 Å². The molecule has 2 fully saturated rings. The van der Waals surface area contributed by atoms with Gasteiger partial charge >= 0.3 is 20.3 Å². The predicted octanol–water partition coefficient (Wildman–Crippen LogP) is 3.97. The van der Waals surface area contributed by atoms with Crippen LogP contribution < -0.4 is 16.2 Å². The highest BCUT2D eigenvalue weighted by atomic mass is 16.7. The molecule has 2 N–H and O–H groups in total. The molecule has 1 unspecified atom stereocenters. The Morgan fingerprint density at radius 3 is 2.19 bits per heavy atom. The number of carboxylic acid groups (broad SMARTS) is 1. The number of benzene rings is 2. The second kappa shape index (κ2) is 11.8. The smallest absolute Gasteiger partial charge is 0.465 e. The summed E-state index contributed by atoms with van der Waals surface area (Å²) < 4.78 is 35.5. The van der Waals surface area contributed by atoms with Gasteiger partial charge in [0.15, 0.2) is 0 Å². The van der Waals surface area contributed by atoms with E-state index in [1.807, 2.05) is 82.6 Å². The molecule has 0 bridgehead atoms. The number of methoxy groups -OCH3 is 1. The lowest BCUT2D eigenvalue weighted by atomic mass is 9.70. The minimum absolute atomic E-state index is 0.0202. The lowest BCUT2D eigenvalue weighted by molar-refractivity contribution is -0.00863. The first-order valence-corrected chi connectivity index (χ1v) is 16.0. The van der Waals surface area contributed by atoms with Crippen molar-refractivity contribution in [3.8, 4) is 0 Å². The molecule has 2 aliphatic heterocycles. The molecule has 1 atom stereocenters. The van der Waals surface area contributed by atoms with Gasteiger partial charge in [-0.25, -0.2) is 4.79 Å². The van der Waals surface area contributed by atoms with E-state index in [2.05, 4.69) is 24.4 Å². The summed E-state index contributed by atoms with van der Waals surface area (Å²) in [5.41, 5.74) is 1.92. The van der Waals surface area contributed by atoms with Crippen LogP contribution in [0.1, 0.15) is 58.8 Å². The molecule has 2 aliphatic rings. The average molecular weight is 643 g/mol. The van der Waals surface area contributed by atoms with Crippen LogP contribution in [0.3, 0.4) is 0 Å². The Balaban J connectivity index is 1.37. The molecular formula is C34H43B2N3O8. The summed E-state index contributed by atoms with van der Waals surface area (Å²) in [5, 5.41) is 13.4. The molecule has 4 heterocycles. The fourth-order valence-corrected chi connectivity index (χ4v) is 6.56. The van der Waals surface area contributed by atoms with Crippen molar-refractivity contribution in [2.24, 2.45) is 0 Å². The first-order chi connectivity index (χ1) is 22.1. The van der Waals surface area contributed by atoms with E-state index in [4.69, 9.17) is 28.5 Å². The highest BCUT2D eigenvalue weighted by Gasteiger charge is 2.57. The van der Waals surface area contributed by atoms with E-state index in [-0.39, 0.29) is 19.1 Å². The minimum Gasteiger partial charge on any atom is -0.465 e. The van der Waals surface area contributed by atoms with Crippen LogP contribution in [0.4, 0.5) is 4.79 Å². The predicted molar refractivity (Wildman–Crippen MR) is 182 cm³/mol. The number of nitrogens with one attached hydrogen (secondary N) is 1. The lowest BCUT2D eigenvalue weighted by Gasteiger charge is -2.37. The third kappa shape index (κ3) is 5.78. The molecule has 0 saturated carbocycles. The van der Waals surface area contributed by atoms with Crippen molar-refractivity contribution in [3.63, 3.8) is 0 Å². The number of carbonyl (C=O) groups excluding carboxylic acids is 1. The minimum atomic E-state index is -1.05. The van der Waals surface area contributed by atoms with Crippen molar-refractivity contribution in [3.05, 3.63) is 60.4 Å². The van der Waals surface area contributed by atoms with Gasteiger partial charge in [0, 0.05) is 44.5 Å². The maximum atomic E-state index is 12.7. The number of hydrogen-bond acceptors (Lipinski definition) is 7. The highest BCUT2D eigenvalue weighted by molar-refractivity contribution is 6.66. The topological polar surface area (TPSA) is 122 Å². The fourth-order valence-electron chi connectivity index (χ4n) is 6.56. The Morgan fingerprint density at radius 2 is 1.51 bits per heavy atom. The van der Waals surface area contributed by atoms with Gasteiger partial charge in [-0.1, -0.05) is 18.2 Å². The second-order valence-corrected chi connectivity index (χ2v) is 14.2. The first-order valence-electron chi connectivity index (χ1n) is 16.0. The van der Waals surface area contributed by atoms with Gasteiger partial charge < -0.3 is 38.3 Å². The number of amides is 1. The van der Waals surface area contributed by atoms with Crippen LogP contribution in [0.15, 0.2) is 54.9 Å². The van der Waals surface area contributed by atoms with Crippen LogP contribution in [0.25, 0.3) is 21.8 Å². The molecule has 2 aromatic heterocycles. The van der Waals surface area contributed by atoms with Gasteiger partial charge in [0.25, 0.3) is 5.91 Å². The van der Waals surface area contributed by atoms with Crippen molar-refractivity contribution in [1.29, 1.82) is 0 Å². The molecule has 1 amide bonds. The molecule has 0 spiro atoms. The van der Waals surface area contributed by atoms with E-state index < -0.39 is 42.7 Å². The van der Waals surface area contributed by atoms with E-state index in [1.54, 1.807) is 10.8 Å². The summed E-state index contributed by atoms with van der Waals surface area (Å²) >= 11 is 0. The summed E-state index contributed by atoms with van der Waals surface area (Å²) in [6.07, 6.45) is 3.17. The third-order valence-corrected chi connectivity index (χ3v) is 10.3. The molecule has 4 aromatic rings. The number of aromatic nitrogens is 2. The van der Waals surface area contributed by atoms with Gasteiger partial charge in [-0.3, -0.25) is 9.36 Å². The van der Waals surface area contributed by atoms with Crippen LogP contribution in [0.5, 0.6) is 0 Å². The van der Waals surface area contributed by atoms with Gasteiger partial charge in [-0.05, 0) is 100.0 Å². The summed E-state index contributed by atoms with van der Waals surface area (Å²) in [4.78, 5) is 23.8. The van der Waals surface area contributed by atoms with Crippen molar-refractivity contribution in [2.45, 2.75) is 83.8 Å². The van der Waals surface area contributed by atoms with Gasteiger partial charge in [-0.2, -0.15) is 0 Å². The number of carbonyl (C=O) groups is 2. The van der Waals surface area contributed by atoms with Crippen LogP contribution in [0.2, 0.25) is 0 Å². The number of nitrogens with zero attached hydrogens (tertiary/aromatic N) is 2. The quantitative estimate of drug-likeness (QED) is 0.263. The van der Waals surface area contributed by atoms with Crippen molar-refractivity contribution in [2.75, 3.05) is 20.3 Å². The summed E-state index contributed by atoms with van der Waals surface area (Å²) in [6, 6.07) is 13.9. The van der Waals surface area contributed by atoms with Gasteiger partial charge in [0.1, 0.15) is 6.61 Å². The number of hydrogen-bond donors (Lipinski definition) is 2. The zero-order valence-corrected chi connectivity index (χ0v) is 28.4. The Kier molecular flexibility index (Phi) is 8.37. The maximum Gasteiger partial charge on any atom is 0.495 e. The van der Waals surface area contributed by atoms with Crippen LogP contribution in [-0.4, -0.2) is 83.1 Å². The molecule has 0 radical (unpaired) electrons. The van der Waals surface area contributed by atoms with E-state index in [1.165, 1.54) is 7.11 Å². The number of ether oxygens (including phenoxy) is 1. The average Bonchev–Trinajstić information content (AvgIpc) is 3.70. The Hall–Kier alpha value is -3.61. The molecule has 2 saturated heterocycles. The number of fused-ring (bicyclic) bond motifs is 2. The molecule has 6 rings (SSSR count). The van der Waals surface area contributed by atoms with E-state index in [9.17, 15) is 9.59 Å². The monoisotopic (exact) mass is 643 g/mol. The zero-order valence-electron chi connectivity index (χ0n) is 28.4. The Morgan fingerprint density at radius 1 is 0.830 bits per heavy atom.